The summed E-state index contributed by atoms with van der Waals surface area (Å²) in [7, 11) is 1.83. The summed E-state index contributed by atoms with van der Waals surface area (Å²) in [5.74, 6) is 0.313. The Morgan fingerprint density at radius 3 is 2.62 bits per heavy atom. The first-order valence-electron chi connectivity index (χ1n) is 4.33. The third kappa shape index (κ3) is 1.87. The van der Waals surface area contributed by atoms with Crippen molar-refractivity contribution in [1.82, 2.24) is 15.0 Å². The smallest absolute Gasteiger partial charge is 0.105 e. The monoisotopic (exact) mass is 184 g/mol. The predicted octanol–water partition coefficient (Wildman–Crippen LogP) is -0.0694. The van der Waals surface area contributed by atoms with Crippen molar-refractivity contribution in [1.29, 1.82) is 0 Å². The average molecular weight is 184 g/mol. The molecule has 0 radical (unpaired) electrons. The molecular formula is C8H16N4O. The number of nitrogens with zero attached hydrogens (tertiary/aromatic N) is 3. The summed E-state index contributed by atoms with van der Waals surface area (Å²) in [4.78, 5) is 0. The molecular weight excluding hydrogens is 168 g/mol. The lowest BCUT2D eigenvalue weighted by Crippen LogP contribution is -2.17. The molecule has 0 saturated heterocycles. The van der Waals surface area contributed by atoms with Gasteiger partial charge in [0.15, 0.2) is 0 Å². The molecule has 0 amide bonds. The van der Waals surface area contributed by atoms with Crippen LogP contribution in [-0.4, -0.2) is 26.7 Å². The van der Waals surface area contributed by atoms with E-state index in [-0.39, 0.29) is 6.61 Å². The molecule has 0 saturated carbocycles. The summed E-state index contributed by atoms with van der Waals surface area (Å²) in [6.07, 6.45) is 0. The first kappa shape index (κ1) is 10.1. The Labute approximate surface area is 77.6 Å². The van der Waals surface area contributed by atoms with Gasteiger partial charge in [0, 0.05) is 7.05 Å². The minimum Gasteiger partial charge on any atom is -0.394 e. The lowest BCUT2D eigenvalue weighted by atomic mass is 10.0. The van der Waals surface area contributed by atoms with Gasteiger partial charge in [0.25, 0.3) is 0 Å². The topological polar surface area (TPSA) is 77.0 Å². The SMILES string of the molecule is CC(C)c1c(C(N)CO)nnn1C. The van der Waals surface area contributed by atoms with E-state index in [4.69, 9.17) is 10.8 Å². The highest BCUT2D eigenvalue weighted by Crippen LogP contribution is 2.20. The maximum Gasteiger partial charge on any atom is 0.105 e. The fourth-order valence-corrected chi connectivity index (χ4v) is 1.40. The minimum absolute atomic E-state index is 0.0988. The van der Waals surface area contributed by atoms with Crippen molar-refractivity contribution in [2.45, 2.75) is 25.8 Å². The van der Waals surface area contributed by atoms with Crippen LogP contribution in [0.2, 0.25) is 0 Å². The summed E-state index contributed by atoms with van der Waals surface area (Å²) < 4.78 is 1.70. The maximum atomic E-state index is 8.90. The van der Waals surface area contributed by atoms with Crippen molar-refractivity contribution in [3.63, 3.8) is 0 Å². The second-order valence-corrected chi connectivity index (χ2v) is 3.43. The van der Waals surface area contributed by atoms with Crippen LogP contribution in [0.1, 0.15) is 37.2 Å². The Morgan fingerprint density at radius 1 is 1.54 bits per heavy atom. The van der Waals surface area contributed by atoms with Crippen LogP contribution >= 0.6 is 0 Å². The van der Waals surface area contributed by atoms with E-state index in [0.29, 0.717) is 11.6 Å². The second-order valence-electron chi connectivity index (χ2n) is 3.43. The van der Waals surface area contributed by atoms with Crippen molar-refractivity contribution < 1.29 is 5.11 Å². The third-order valence-corrected chi connectivity index (χ3v) is 1.99. The summed E-state index contributed by atoms with van der Waals surface area (Å²) in [5.41, 5.74) is 7.36. The number of aryl methyl sites for hydroxylation is 1. The number of aliphatic hydroxyl groups excluding tert-OH is 1. The number of aliphatic hydroxyl groups is 1. The minimum atomic E-state index is -0.425. The lowest BCUT2D eigenvalue weighted by Gasteiger charge is -2.10. The van der Waals surface area contributed by atoms with Gasteiger partial charge < -0.3 is 10.8 Å². The molecule has 0 aliphatic rings. The van der Waals surface area contributed by atoms with Crippen LogP contribution in [0.25, 0.3) is 0 Å². The number of rotatable bonds is 3. The van der Waals surface area contributed by atoms with Crippen molar-refractivity contribution in [2.75, 3.05) is 6.61 Å². The number of hydrogen-bond acceptors (Lipinski definition) is 4. The van der Waals surface area contributed by atoms with Crippen molar-refractivity contribution >= 4 is 0 Å². The van der Waals surface area contributed by atoms with Crippen LogP contribution in [0.5, 0.6) is 0 Å². The molecule has 0 aliphatic heterocycles. The van der Waals surface area contributed by atoms with E-state index < -0.39 is 6.04 Å². The van der Waals surface area contributed by atoms with E-state index in [2.05, 4.69) is 10.3 Å². The summed E-state index contributed by atoms with van der Waals surface area (Å²) >= 11 is 0. The Hall–Kier alpha value is -0.940. The molecule has 13 heavy (non-hydrogen) atoms. The Balaban J connectivity index is 3.07. The van der Waals surface area contributed by atoms with Crippen molar-refractivity contribution in [3.05, 3.63) is 11.4 Å². The second kappa shape index (κ2) is 3.85. The highest BCUT2D eigenvalue weighted by Gasteiger charge is 2.18. The third-order valence-electron chi connectivity index (χ3n) is 1.99. The molecule has 74 valence electrons. The molecule has 5 nitrogen and oxygen atoms in total. The van der Waals surface area contributed by atoms with Crippen LogP contribution < -0.4 is 5.73 Å². The molecule has 1 aromatic heterocycles. The molecule has 0 spiro atoms. The summed E-state index contributed by atoms with van der Waals surface area (Å²) in [6, 6.07) is -0.425. The van der Waals surface area contributed by atoms with Gasteiger partial charge in [-0.1, -0.05) is 19.1 Å². The van der Waals surface area contributed by atoms with Crippen LogP contribution in [-0.2, 0) is 7.05 Å². The van der Waals surface area contributed by atoms with Crippen LogP contribution in [0.3, 0.4) is 0 Å². The molecule has 0 aliphatic carbocycles. The molecule has 1 unspecified atom stereocenters. The predicted molar refractivity (Wildman–Crippen MR) is 49.1 cm³/mol. The van der Waals surface area contributed by atoms with E-state index >= 15 is 0 Å². The Kier molecular flexibility index (Phi) is 3.00. The van der Waals surface area contributed by atoms with Gasteiger partial charge in [-0.15, -0.1) is 5.10 Å². The summed E-state index contributed by atoms with van der Waals surface area (Å²) in [6.45, 7) is 4.00. The number of nitrogens with two attached hydrogens (primary N) is 1. The molecule has 1 rings (SSSR count). The highest BCUT2D eigenvalue weighted by molar-refractivity contribution is 5.17. The van der Waals surface area contributed by atoms with Gasteiger partial charge >= 0.3 is 0 Å². The van der Waals surface area contributed by atoms with Crippen LogP contribution in [0, 0.1) is 0 Å². The zero-order valence-corrected chi connectivity index (χ0v) is 8.23. The number of hydrogen-bond donors (Lipinski definition) is 2. The quantitative estimate of drug-likeness (QED) is 0.689. The summed E-state index contributed by atoms with van der Waals surface area (Å²) in [5, 5.41) is 16.7. The zero-order chi connectivity index (χ0) is 10.0. The Bertz CT molecular complexity index is 282. The van der Waals surface area contributed by atoms with Gasteiger partial charge in [-0.05, 0) is 5.92 Å². The van der Waals surface area contributed by atoms with E-state index in [1.807, 2.05) is 20.9 Å². The van der Waals surface area contributed by atoms with E-state index in [0.717, 1.165) is 5.69 Å². The first-order chi connectivity index (χ1) is 6.07. The van der Waals surface area contributed by atoms with Gasteiger partial charge in [0.2, 0.25) is 0 Å². The Morgan fingerprint density at radius 2 is 2.15 bits per heavy atom. The number of aromatic nitrogens is 3. The van der Waals surface area contributed by atoms with Crippen molar-refractivity contribution in [3.8, 4) is 0 Å². The van der Waals surface area contributed by atoms with Gasteiger partial charge in [0.1, 0.15) is 5.69 Å². The fraction of sp³-hybridized carbons (Fsp3) is 0.750. The maximum absolute atomic E-state index is 8.90. The van der Waals surface area contributed by atoms with Gasteiger partial charge in [-0.2, -0.15) is 0 Å². The molecule has 1 heterocycles. The van der Waals surface area contributed by atoms with Gasteiger partial charge in [-0.3, -0.25) is 4.68 Å². The molecule has 3 N–H and O–H groups in total. The van der Waals surface area contributed by atoms with E-state index in [1.54, 1.807) is 4.68 Å². The van der Waals surface area contributed by atoms with Gasteiger partial charge in [-0.25, -0.2) is 0 Å². The van der Waals surface area contributed by atoms with Crippen LogP contribution in [0.15, 0.2) is 0 Å². The standard InChI is InChI=1S/C8H16N4O/c1-5(2)8-7(6(9)4-13)10-11-12(8)3/h5-6,13H,4,9H2,1-3H3. The normalized spacial score (nSPS) is 13.7. The zero-order valence-electron chi connectivity index (χ0n) is 8.23. The van der Waals surface area contributed by atoms with Crippen molar-refractivity contribution in [2.24, 2.45) is 12.8 Å². The molecule has 1 aromatic rings. The molecule has 0 fully saturated rings. The molecule has 1 atom stereocenters. The highest BCUT2D eigenvalue weighted by atomic mass is 16.3. The molecule has 0 aromatic carbocycles. The average Bonchev–Trinajstić information content (AvgIpc) is 2.45. The van der Waals surface area contributed by atoms with Crippen LogP contribution in [0.4, 0.5) is 0 Å². The fourth-order valence-electron chi connectivity index (χ4n) is 1.40. The molecule has 5 heteroatoms. The van der Waals surface area contributed by atoms with E-state index in [1.165, 1.54) is 0 Å². The molecule has 0 bridgehead atoms. The first-order valence-corrected chi connectivity index (χ1v) is 4.33. The van der Waals surface area contributed by atoms with Gasteiger partial charge in [0.05, 0.1) is 18.3 Å². The van der Waals surface area contributed by atoms with E-state index in [9.17, 15) is 0 Å². The lowest BCUT2D eigenvalue weighted by molar-refractivity contribution is 0.265. The largest absolute Gasteiger partial charge is 0.394 e.